The maximum absolute atomic E-state index is 5.30. The highest BCUT2D eigenvalue weighted by atomic mass is 16.5. The first kappa shape index (κ1) is 15.5. The van der Waals surface area contributed by atoms with E-state index in [4.69, 9.17) is 4.74 Å². The SMILES string of the molecule is COc1cc(C)nc(Cn2ccnc2CNC(C)(C)C)c1. The van der Waals surface area contributed by atoms with Crippen molar-refractivity contribution >= 4 is 0 Å². The van der Waals surface area contributed by atoms with E-state index in [9.17, 15) is 0 Å². The van der Waals surface area contributed by atoms with Gasteiger partial charge in [0.1, 0.15) is 11.6 Å². The van der Waals surface area contributed by atoms with Gasteiger partial charge in [-0.15, -0.1) is 0 Å². The van der Waals surface area contributed by atoms with E-state index in [0.717, 1.165) is 29.5 Å². The maximum atomic E-state index is 5.30. The van der Waals surface area contributed by atoms with Gasteiger partial charge in [0.25, 0.3) is 0 Å². The summed E-state index contributed by atoms with van der Waals surface area (Å²) in [6, 6.07) is 3.90. The molecule has 0 amide bonds. The molecule has 114 valence electrons. The second-order valence-electron chi connectivity index (χ2n) is 6.21. The lowest BCUT2D eigenvalue weighted by atomic mass is 10.1. The number of imidazole rings is 1. The van der Waals surface area contributed by atoms with Crippen LogP contribution in [-0.2, 0) is 13.1 Å². The number of hydrogen-bond donors (Lipinski definition) is 1. The highest BCUT2D eigenvalue weighted by Crippen LogP contribution is 2.15. The predicted molar refractivity (Wildman–Crippen MR) is 83.4 cm³/mol. The molecule has 0 aliphatic heterocycles. The molecule has 0 saturated heterocycles. The lowest BCUT2D eigenvalue weighted by molar-refractivity contribution is 0.410. The second kappa shape index (κ2) is 6.26. The number of aromatic nitrogens is 3. The number of aryl methyl sites for hydroxylation is 1. The van der Waals surface area contributed by atoms with Gasteiger partial charge in [0.15, 0.2) is 0 Å². The maximum Gasteiger partial charge on any atom is 0.123 e. The molecule has 0 unspecified atom stereocenters. The van der Waals surface area contributed by atoms with Gasteiger partial charge in [0.2, 0.25) is 0 Å². The number of pyridine rings is 1. The van der Waals surface area contributed by atoms with Crippen molar-refractivity contribution in [1.82, 2.24) is 19.9 Å². The molecular weight excluding hydrogens is 264 g/mol. The molecule has 0 spiro atoms. The third kappa shape index (κ3) is 4.56. The smallest absolute Gasteiger partial charge is 0.123 e. The van der Waals surface area contributed by atoms with Gasteiger partial charge in [0.05, 0.1) is 25.9 Å². The fourth-order valence-electron chi connectivity index (χ4n) is 2.07. The van der Waals surface area contributed by atoms with Crippen LogP contribution in [0.1, 0.15) is 38.0 Å². The minimum Gasteiger partial charge on any atom is -0.497 e. The number of methoxy groups -OCH3 is 1. The average molecular weight is 288 g/mol. The van der Waals surface area contributed by atoms with Gasteiger partial charge in [-0.1, -0.05) is 0 Å². The van der Waals surface area contributed by atoms with Crippen LogP contribution in [0.25, 0.3) is 0 Å². The molecule has 0 radical (unpaired) electrons. The molecule has 0 aliphatic rings. The Morgan fingerprint density at radius 1 is 1.29 bits per heavy atom. The average Bonchev–Trinajstić information content (AvgIpc) is 2.82. The van der Waals surface area contributed by atoms with Crippen molar-refractivity contribution in [3.05, 3.63) is 41.7 Å². The summed E-state index contributed by atoms with van der Waals surface area (Å²) in [6.45, 7) is 9.84. The van der Waals surface area contributed by atoms with Crippen LogP contribution in [0.2, 0.25) is 0 Å². The molecule has 0 saturated carbocycles. The van der Waals surface area contributed by atoms with E-state index in [1.165, 1.54) is 0 Å². The third-order valence-electron chi connectivity index (χ3n) is 3.13. The summed E-state index contributed by atoms with van der Waals surface area (Å²) < 4.78 is 7.41. The highest BCUT2D eigenvalue weighted by molar-refractivity contribution is 5.27. The number of rotatable bonds is 5. The highest BCUT2D eigenvalue weighted by Gasteiger charge is 2.11. The Bertz CT molecular complexity index is 599. The van der Waals surface area contributed by atoms with Crippen LogP contribution in [0.5, 0.6) is 5.75 Å². The minimum atomic E-state index is 0.0710. The molecule has 5 nitrogen and oxygen atoms in total. The summed E-state index contributed by atoms with van der Waals surface area (Å²) in [4.78, 5) is 8.98. The summed E-state index contributed by atoms with van der Waals surface area (Å²) in [5, 5.41) is 3.46. The quantitative estimate of drug-likeness (QED) is 0.918. The van der Waals surface area contributed by atoms with Crippen molar-refractivity contribution < 1.29 is 4.74 Å². The molecule has 21 heavy (non-hydrogen) atoms. The van der Waals surface area contributed by atoms with E-state index in [1.54, 1.807) is 7.11 Å². The Morgan fingerprint density at radius 3 is 2.71 bits per heavy atom. The molecule has 0 fully saturated rings. The zero-order chi connectivity index (χ0) is 15.5. The van der Waals surface area contributed by atoms with Gasteiger partial charge in [0, 0.05) is 35.8 Å². The Kier molecular flexibility index (Phi) is 4.63. The van der Waals surface area contributed by atoms with Crippen LogP contribution in [0.4, 0.5) is 0 Å². The summed E-state index contributed by atoms with van der Waals surface area (Å²) in [5.41, 5.74) is 2.00. The lowest BCUT2D eigenvalue weighted by Gasteiger charge is -2.20. The van der Waals surface area contributed by atoms with Gasteiger partial charge in [-0.25, -0.2) is 4.98 Å². The van der Waals surface area contributed by atoms with E-state index >= 15 is 0 Å². The molecular formula is C16H24N4O. The first-order valence-electron chi connectivity index (χ1n) is 7.14. The normalized spacial score (nSPS) is 11.7. The molecule has 2 heterocycles. The Balaban J connectivity index is 2.13. The summed E-state index contributed by atoms with van der Waals surface area (Å²) >= 11 is 0. The van der Waals surface area contributed by atoms with Gasteiger partial charge in [-0.3, -0.25) is 4.98 Å². The molecule has 0 atom stereocenters. The van der Waals surface area contributed by atoms with Crippen molar-refractivity contribution in [3.63, 3.8) is 0 Å². The van der Waals surface area contributed by atoms with Crippen LogP contribution in [0.3, 0.4) is 0 Å². The summed E-state index contributed by atoms with van der Waals surface area (Å²) in [5.74, 6) is 1.85. The fourth-order valence-corrected chi connectivity index (χ4v) is 2.07. The standard InChI is InChI=1S/C16H24N4O/c1-12-8-14(21-5)9-13(19-12)11-20-7-6-17-15(20)10-18-16(2,3)4/h6-9,18H,10-11H2,1-5H3. The molecule has 0 aliphatic carbocycles. The first-order chi connectivity index (χ1) is 9.87. The number of nitrogens with one attached hydrogen (secondary N) is 1. The summed E-state index contributed by atoms with van der Waals surface area (Å²) in [6.07, 6.45) is 3.81. The van der Waals surface area contributed by atoms with Crippen LogP contribution in [0.15, 0.2) is 24.5 Å². The number of hydrogen-bond acceptors (Lipinski definition) is 4. The molecule has 2 aromatic heterocycles. The molecule has 0 aromatic carbocycles. The van der Waals surface area contributed by atoms with E-state index < -0.39 is 0 Å². The van der Waals surface area contributed by atoms with E-state index in [0.29, 0.717) is 6.54 Å². The van der Waals surface area contributed by atoms with Gasteiger partial charge in [-0.05, 0) is 27.7 Å². The zero-order valence-electron chi connectivity index (χ0n) is 13.5. The lowest BCUT2D eigenvalue weighted by Crippen LogP contribution is -2.36. The molecule has 2 rings (SSSR count). The largest absolute Gasteiger partial charge is 0.497 e. The van der Waals surface area contributed by atoms with Crippen LogP contribution in [0, 0.1) is 6.92 Å². The van der Waals surface area contributed by atoms with E-state index in [1.807, 2.05) is 31.5 Å². The van der Waals surface area contributed by atoms with E-state index in [-0.39, 0.29) is 5.54 Å². The summed E-state index contributed by atoms with van der Waals surface area (Å²) in [7, 11) is 1.68. The Morgan fingerprint density at radius 2 is 2.05 bits per heavy atom. The van der Waals surface area contributed by atoms with Crippen molar-refractivity contribution in [1.29, 1.82) is 0 Å². The van der Waals surface area contributed by atoms with Crippen LogP contribution in [-0.4, -0.2) is 27.2 Å². The monoisotopic (exact) mass is 288 g/mol. The fraction of sp³-hybridized carbons (Fsp3) is 0.500. The van der Waals surface area contributed by atoms with Gasteiger partial charge < -0.3 is 14.6 Å². The minimum absolute atomic E-state index is 0.0710. The number of nitrogens with zero attached hydrogens (tertiary/aromatic N) is 3. The van der Waals surface area contributed by atoms with E-state index in [2.05, 4.69) is 40.6 Å². The van der Waals surface area contributed by atoms with Crippen molar-refractivity contribution in [2.45, 2.75) is 46.3 Å². The van der Waals surface area contributed by atoms with Crippen LogP contribution >= 0.6 is 0 Å². The molecule has 1 N–H and O–H groups in total. The zero-order valence-corrected chi connectivity index (χ0v) is 13.5. The van der Waals surface area contributed by atoms with Gasteiger partial charge in [-0.2, -0.15) is 0 Å². The topological polar surface area (TPSA) is 52.0 Å². The van der Waals surface area contributed by atoms with Gasteiger partial charge >= 0.3 is 0 Å². The molecule has 5 heteroatoms. The van der Waals surface area contributed by atoms with Crippen molar-refractivity contribution in [2.24, 2.45) is 0 Å². The molecule has 2 aromatic rings. The van der Waals surface area contributed by atoms with Crippen molar-refractivity contribution in [3.8, 4) is 5.75 Å². The number of ether oxygens (including phenoxy) is 1. The second-order valence-corrected chi connectivity index (χ2v) is 6.21. The Hall–Kier alpha value is -1.88. The molecule has 0 bridgehead atoms. The predicted octanol–water partition coefficient (Wildman–Crippen LogP) is 2.53. The first-order valence-corrected chi connectivity index (χ1v) is 7.14. The van der Waals surface area contributed by atoms with Crippen molar-refractivity contribution in [2.75, 3.05) is 7.11 Å². The Labute approximate surface area is 126 Å². The van der Waals surface area contributed by atoms with Crippen LogP contribution < -0.4 is 10.1 Å². The third-order valence-corrected chi connectivity index (χ3v) is 3.13.